The van der Waals surface area contributed by atoms with Crippen LogP contribution in [0.5, 0.6) is 17.2 Å². The van der Waals surface area contributed by atoms with Crippen LogP contribution in [0.2, 0.25) is 0 Å². The molecule has 0 aromatic heterocycles. The number of phenols is 3. The number of aromatic hydroxyl groups is 3. The second kappa shape index (κ2) is 13.4. The summed E-state index contributed by atoms with van der Waals surface area (Å²) in [5.74, 6) is 0.633. The zero-order valence-electron chi connectivity index (χ0n) is 17.0. The first-order valence-corrected chi connectivity index (χ1v) is 9.55. The Balaban J connectivity index is 0.00000341. The Hall–Kier alpha value is -2.01. The maximum atomic E-state index is 9.40. The van der Waals surface area contributed by atoms with E-state index in [2.05, 4.69) is 0 Å². The van der Waals surface area contributed by atoms with Crippen LogP contribution < -0.4 is 0 Å². The van der Waals surface area contributed by atoms with Crippen molar-refractivity contribution in [2.45, 2.75) is 19.8 Å². The molecule has 0 atom stereocenters. The van der Waals surface area contributed by atoms with Crippen LogP contribution in [0.25, 0.3) is 0 Å². The zero-order valence-corrected chi connectivity index (χ0v) is 21.2. The Morgan fingerprint density at radius 1 is 0.516 bits per heavy atom. The minimum atomic E-state index is 0. The van der Waals surface area contributed by atoms with Gasteiger partial charge in [0.15, 0.2) is 0 Å². The van der Waals surface area contributed by atoms with Crippen LogP contribution in [-0.4, -0.2) is 28.5 Å². The Morgan fingerprint density at radius 3 is 1.19 bits per heavy atom. The summed E-state index contributed by atoms with van der Waals surface area (Å²) in [6.07, 6.45) is 0.639. The fourth-order valence-corrected chi connectivity index (χ4v) is 2.65. The first kappa shape index (κ1) is 25.3. The van der Waals surface area contributed by atoms with Crippen LogP contribution in [0, 0.1) is 37.2 Å². The molecule has 0 aliphatic carbocycles. The molecule has 0 saturated heterocycles. The third kappa shape index (κ3) is 9.34. The van der Waals surface area contributed by atoms with Crippen molar-refractivity contribution >= 4 is 0 Å². The Bertz CT molecular complexity index is 830. The van der Waals surface area contributed by atoms with Gasteiger partial charge in [0, 0.05) is 37.7 Å². The first-order chi connectivity index (χ1) is 14.6. The summed E-state index contributed by atoms with van der Waals surface area (Å²) in [5, 5.41) is 28.1. The summed E-state index contributed by atoms with van der Waals surface area (Å²) in [7, 11) is 0. The molecule has 0 bridgehead atoms. The van der Waals surface area contributed by atoms with Crippen LogP contribution in [0.3, 0.4) is 0 Å². The maximum Gasteiger partial charge on any atom is 0.115 e. The van der Waals surface area contributed by atoms with E-state index >= 15 is 0 Å². The SMILES string of the molecule is Oc1ccc(COC[C-](COCc2ccc(O)cc2)OCc2ccc(O)cc2)cc1.[U]. The van der Waals surface area contributed by atoms with E-state index < -0.39 is 0 Å². The minimum Gasteiger partial charge on any atom is -0.541 e. The molecule has 3 aromatic rings. The largest absolute Gasteiger partial charge is 0.541 e. The fourth-order valence-electron chi connectivity index (χ4n) is 2.65. The topological polar surface area (TPSA) is 88.4 Å². The quantitative estimate of drug-likeness (QED) is 0.270. The summed E-state index contributed by atoms with van der Waals surface area (Å²) in [4.78, 5) is 0. The Labute approximate surface area is 205 Å². The van der Waals surface area contributed by atoms with Crippen LogP contribution in [0.1, 0.15) is 16.7 Å². The molecule has 6 nitrogen and oxygen atoms in total. The van der Waals surface area contributed by atoms with Crippen LogP contribution in [0.15, 0.2) is 72.8 Å². The molecule has 0 aliphatic heterocycles. The van der Waals surface area contributed by atoms with Crippen molar-refractivity contribution in [3.8, 4) is 17.2 Å². The predicted octanol–water partition coefficient (Wildman–Crippen LogP) is 4.29. The molecule has 3 rings (SSSR count). The molecule has 31 heavy (non-hydrogen) atoms. The molecule has 7 heteroatoms. The van der Waals surface area contributed by atoms with E-state index in [1.807, 2.05) is 0 Å². The molecular formula is C24H25O6U-. The molecule has 0 unspecified atom stereocenters. The maximum absolute atomic E-state index is 9.40. The van der Waals surface area contributed by atoms with Gasteiger partial charge in [-0.15, -0.1) is 6.10 Å². The Morgan fingerprint density at radius 2 is 0.839 bits per heavy atom. The van der Waals surface area contributed by atoms with Gasteiger partial charge in [0.25, 0.3) is 0 Å². The third-order valence-electron chi connectivity index (χ3n) is 4.32. The van der Waals surface area contributed by atoms with Gasteiger partial charge < -0.3 is 29.5 Å². The standard InChI is InChI=1S/C24H25O6.U/c25-21-7-1-18(2-8-21)13-28-16-24(30-15-20-5-11-23(27)12-6-20)17-29-14-19-3-9-22(26)10-4-19;/h1-12,25-27H,13-17H2;/q-1;. The van der Waals surface area contributed by atoms with Crippen molar-refractivity contribution in [1.82, 2.24) is 0 Å². The number of ether oxygens (including phenoxy) is 3. The molecule has 0 saturated carbocycles. The van der Waals surface area contributed by atoms with E-state index in [0.717, 1.165) is 16.7 Å². The number of hydrogen-bond acceptors (Lipinski definition) is 6. The van der Waals surface area contributed by atoms with Crippen LogP contribution in [0.4, 0.5) is 0 Å². The molecule has 162 valence electrons. The summed E-state index contributed by atoms with van der Waals surface area (Å²) in [5.41, 5.74) is 2.80. The van der Waals surface area contributed by atoms with E-state index in [4.69, 9.17) is 14.2 Å². The summed E-state index contributed by atoms with van der Waals surface area (Å²) in [6, 6.07) is 20.5. The van der Waals surface area contributed by atoms with Crippen molar-refractivity contribution in [1.29, 1.82) is 0 Å². The van der Waals surface area contributed by atoms with E-state index in [1.54, 1.807) is 72.8 Å². The van der Waals surface area contributed by atoms with Gasteiger partial charge in [-0.1, -0.05) is 36.4 Å². The molecule has 0 spiro atoms. The van der Waals surface area contributed by atoms with Crippen molar-refractivity contribution < 1.29 is 60.6 Å². The van der Waals surface area contributed by atoms with Crippen molar-refractivity contribution in [3.63, 3.8) is 0 Å². The summed E-state index contributed by atoms with van der Waals surface area (Å²) in [6.45, 7) is 1.61. The minimum absolute atomic E-state index is 0. The fraction of sp³-hybridized carbons (Fsp3) is 0.208. The van der Waals surface area contributed by atoms with Crippen LogP contribution >= 0.6 is 0 Å². The number of benzene rings is 3. The molecule has 0 fully saturated rings. The second-order valence-corrected chi connectivity index (χ2v) is 6.81. The van der Waals surface area contributed by atoms with Gasteiger partial charge in [-0.05, 0) is 66.3 Å². The molecule has 0 heterocycles. The molecule has 3 aromatic carbocycles. The van der Waals surface area contributed by atoms with Gasteiger partial charge in [0.1, 0.15) is 17.2 Å². The molecule has 3 N–H and O–H groups in total. The van der Waals surface area contributed by atoms with Gasteiger partial charge in [-0.2, -0.15) is 0 Å². The second-order valence-electron chi connectivity index (χ2n) is 6.81. The van der Waals surface area contributed by atoms with Gasteiger partial charge >= 0.3 is 0 Å². The molecule has 0 radical (unpaired) electrons. The van der Waals surface area contributed by atoms with E-state index in [1.165, 1.54) is 0 Å². The molecular weight excluding hydrogens is 622 g/mol. The summed E-state index contributed by atoms with van der Waals surface area (Å²) >= 11 is 0. The average molecular weight is 647 g/mol. The normalized spacial score (nSPS) is 10.7. The van der Waals surface area contributed by atoms with Crippen molar-refractivity contribution in [2.24, 2.45) is 0 Å². The number of rotatable bonds is 11. The predicted molar refractivity (Wildman–Crippen MR) is 112 cm³/mol. The zero-order chi connectivity index (χ0) is 21.2. The molecule has 0 amide bonds. The summed E-state index contributed by atoms with van der Waals surface area (Å²) < 4.78 is 17.4. The van der Waals surface area contributed by atoms with Crippen molar-refractivity contribution in [3.05, 3.63) is 95.6 Å². The van der Waals surface area contributed by atoms with E-state index in [0.29, 0.717) is 25.9 Å². The van der Waals surface area contributed by atoms with Gasteiger partial charge in [0.05, 0.1) is 13.2 Å². The smallest absolute Gasteiger partial charge is 0.115 e. The average Bonchev–Trinajstić information content (AvgIpc) is 2.75. The van der Waals surface area contributed by atoms with Gasteiger partial charge in [-0.3, -0.25) is 0 Å². The number of phenolic OH excluding ortho intramolecular Hbond substituents is 3. The first-order valence-electron chi connectivity index (χ1n) is 9.55. The van der Waals surface area contributed by atoms with E-state index in [-0.39, 0.29) is 61.6 Å². The van der Waals surface area contributed by atoms with E-state index in [9.17, 15) is 15.3 Å². The van der Waals surface area contributed by atoms with Gasteiger partial charge in [-0.25, -0.2) is 0 Å². The third-order valence-corrected chi connectivity index (χ3v) is 4.32. The number of hydrogen-bond donors (Lipinski definition) is 3. The van der Waals surface area contributed by atoms with Crippen LogP contribution in [-0.2, 0) is 34.0 Å². The van der Waals surface area contributed by atoms with Gasteiger partial charge in [0.2, 0.25) is 0 Å². The van der Waals surface area contributed by atoms with Crippen molar-refractivity contribution in [2.75, 3.05) is 13.2 Å². The molecule has 0 aliphatic rings. The Kier molecular flexibility index (Phi) is 10.9. The monoisotopic (exact) mass is 647 g/mol.